The number of halogens is 1. The first-order valence-corrected chi connectivity index (χ1v) is 7.04. The fourth-order valence-corrected chi connectivity index (χ4v) is 2.54. The lowest BCUT2D eigenvalue weighted by Gasteiger charge is -2.29. The van der Waals surface area contributed by atoms with E-state index in [9.17, 15) is 4.79 Å². The molecule has 2 nitrogen and oxygen atoms in total. The monoisotopic (exact) mass is 265 g/mol. The van der Waals surface area contributed by atoms with E-state index in [-0.39, 0.29) is 5.78 Å². The summed E-state index contributed by atoms with van der Waals surface area (Å²) in [6, 6.07) is 7.22. The molecule has 0 saturated carbocycles. The van der Waals surface area contributed by atoms with Gasteiger partial charge in [0.1, 0.15) is 0 Å². The highest BCUT2D eigenvalue weighted by Crippen LogP contribution is 2.17. The van der Waals surface area contributed by atoms with Gasteiger partial charge < -0.3 is 4.90 Å². The van der Waals surface area contributed by atoms with E-state index < -0.39 is 0 Å². The Morgan fingerprint density at radius 2 is 2.11 bits per heavy atom. The van der Waals surface area contributed by atoms with Gasteiger partial charge in [0.2, 0.25) is 0 Å². The van der Waals surface area contributed by atoms with Gasteiger partial charge >= 0.3 is 0 Å². The number of rotatable bonds is 4. The van der Waals surface area contributed by atoms with Gasteiger partial charge in [-0.15, -0.1) is 0 Å². The van der Waals surface area contributed by atoms with Gasteiger partial charge in [-0.2, -0.15) is 0 Å². The molecule has 1 aromatic rings. The molecule has 0 aromatic heterocycles. The van der Waals surface area contributed by atoms with Crippen molar-refractivity contribution in [2.24, 2.45) is 5.92 Å². The van der Waals surface area contributed by atoms with Crippen molar-refractivity contribution in [1.82, 2.24) is 4.90 Å². The topological polar surface area (TPSA) is 20.3 Å². The predicted molar refractivity (Wildman–Crippen MR) is 75.2 cm³/mol. The number of likely N-dealkylation sites (tertiary alicyclic amines) is 1. The number of carbonyl (C=O) groups is 1. The molecule has 18 heavy (non-hydrogen) atoms. The van der Waals surface area contributed by atoms with Gasteiger partial charge in [-0.1, -0.05) is 30.7 Å². The van der Waals surface area contributed by atoms with Crippen LogP contribution < -0.4 is 0 Å². The average molecular weight is 266 g/mol. The molecule has 1 aliphatic heterocycles. The highest BCUT2D eigenvalue weighted by atomic mass is 35.5. The van der Waals surface area contributed by atoms with Gasteiger partial charge in [0.05, 0.1) is 0 Å². The molecule has 0 spiro atoms. The van der Waals surface area contributed by atoms with Crippen LogP contribution in [0.2, 0.25) is 5.02 Å². The fourth-order valence-electron chi connectivity index (χ4n) is 2.35. The summed E-state index contributed by atoms with van der Waals surface area (Å²) < 4.78 is 0. The van der Waals surface area contributed by atoms with Crippen molar-refractivity contribution in [2.75, 3.05) is 19.6 Å². The van der Waals surface area contributed by atoms with Crippen molar-refractivity contribution >= 4 is 17.4 Å². The third kappa shape index (κ3) is 3.82. The minimum absolute atomic E-state index is 0.191. The van der Waals surface area contributed by atoms with Gasteiger partial charge in [0.25, 0.3) is 0 Å². The zero-order valence-corrected chi connectivity index (χ0v) is 11.6. The van der Waals surface area contributed by atoms with Crippen LogP contribution in [-0.2, 0) is 0 Å². The van der Waals surface area contributed by atoms with Crippen LogP contribution in [0.25, 0.3) is 0 Å². The first-order chi connectivity index (χ1) is 8.65. The Labute approximate surface area is 114 Å². The van der Waals surface area contributed by atoms with Crippen molar-refractivity contribution in [1.29, 1.82) is 0 Å². The number of piperidine rings is 1. The summed E-state index contributed by atoms with van der Waals surface area (Å²) >= 11 is 5.89. The molecule has 3 heteroatoms. The Balaban J connectivity index is 1.81. The Morgan fingerprint density at radius 3 is 2.78 bits per heavy atom. The molecule has 1 aromatic carbocycles. The van der Waals surface area contributed by atoms with Gasteiger partial charge in [0, 0.05) is 23.6 Å². The molecule has 98 valence electrons. The number of Topliss-reactive ketones (excluding diaryl/α,β-unsaturated/α-hetero) is 1. The van der Waals surface area contributed by atoms with E-state index in [0.717, 1.165) is 31.1 Å². The molecule has 0 radical (unpaired) electrons. The van der Waals surface area contributed by atoms with Crippen LogP contribution in [0.4, 0.5) is 0 Å². The fraction of sp³-hybridized carbons (Fsp3) is 0.533. The summed E-state index contributed by atoms with van der Waals surface area (Å²) in [7, 11) is 0. The maximum Gasteiger partial charge on any atom is 0.164 e. The van der Waals surface area contributed by atoms with Crippen molar-refractivity contribution in [3.05, 3.63) is 34.9 Å². The SMILES string of the molecule is CC1CCN(CCC(=O)c2cccc(Cl)c2)CC1. The smallest absolute Gasteiger partial charge is 0.164 e. The van der Waals surface area contributed by atoms with Crippen LogP contribution in [0.15, 0.2) is 24.3 Å². The summed E-state index contributed by atoms with van der Waals surface area (Å²) in [6.45, 7) is 5.43. The Morgan fingerprint density at radius 1 is 1.39 bits per heavy atom. The van der Waals surface area contributed by atoms with Crippen LogP contribution in [0.3, 0.4) is 0 Å². The molecule has 1 heterocycles. The Hall–Kier alpha value is -0.860. The second-order valence-corrected chi connectivity index (χ2v) is 5.64. The van der Waals surface area contributed by atoms with E-state index >= 15 is 0 Å². The van der Waals surface area contributed by atoms with Crippen LogP contribution in [-0.4, -0.2) is 30.3 Å². The second kappa shape index (κ2) is 6.35. The molecule has 0 N–H and O–H groups in total. The normalized spacial score (nSPS) is 17.9. The van der Waals surface area contributed by atoms with Crippen molar-refractivity contribution in [2.45, 2.75) is 26.2 Å². The first-order valence-electron chi connectivity index (χ1n) is 6.66. The molecular formula is C15H20ClNO. The number of benzene rings is 1. The van der Waals surface area contributed by atoms with Crippen molar-refractivity contribution in [3.8, 4) is 0 Å². The third-order valence-electron chi connectivity index (χ3n) is 3.68. The van der Waals surface area contributed by atoms with Gasteiger partial charge in [-0.05, 0) is 44.0 Å². The summed E-state index contributed by atoms with van der Waals surface area (Å²) in [5.74, 6) is 1.03. The minimum Gasteiger partial charge on any atom is -0.303 e. The van der Waals surface area contributed by atoms with E-state index in [0.29, 0.717) is 11.4 Å². The zero-order chi connectivity index (χ0) is 13.0. The highest BCUT2D eigenvalue weighted by Gasteiger charge is 2.16. The maximum atomic E-state index is 12.0. The molecule has 0 unspecified atom stereocenters. The summed E-state index contributed by atoms with van der Waals surface area (Å²) in [5, 5.41) is 0.632. The van der Waals surface area contributed by atoms with Crippen molar-refractivity contribution in [3.63, 3.8) is 0 Å². The number of carbonyl (C=O) groups excluding carboxylic acids is 1. The molecule has 1 fully saturated rings. The lowest BCUT2D eigenvalue weighted by atomic mass is 9.99. The molecule has 0 amide bonds. The van der Waals surface area contributed by atoms with Crippen LogP contribution in [0.1, 0.15) is 36.5 Å². The number of ketones is 1. The van der Waals surface area contributed by atoms with Gasteiger partial charge in [-0.3, -0.25) is 4.79 Å². The van der Waals surface area contributed by atoms with E-state index in [4.69, 9.17) is 11.6 Å². The van der Waals surface area contributed by atoms with E-state index in [2.05, 4.69) is 11.8 Å². The van der Waals surface area contributed by atoms with Crippen LogP contribution in [0.5, 0.6) is 0 Å². The lowest BCUT2D eigenvalue weighted by molar-refractivity contribution is 0.0953. The largest absolute Gasteiger partial charge is 0.303 e. The summed E-state index contributed by atoms with van der Waals surface area (Å²) in [6.07, 6.45) is 3.10. The van der Waals surface area contributed by atoms with E-state index in [1.165, 1.54) is 12.8 Å². The predicted octanol–water partition coefficient (Wildman–Crippen LogP) is 3.64. The standard InChI is InChI=1S/C15H20ClNO/c1-12-5-8-17(9-6-12)10-7-15(18)13-3-2-4-14(16)11-13/h2-4,11-12H,5-10H2,1H3. The van der Waals surface area contributed by atoms with Crippen LogP contribution in [0, 0.1) is 5.92 Å². The third-order valence-corrected chi connectivity index (χ3v) is 3.91. The quantitative estimate of drug-likeness (QED) is 0.775. The maximum absolute atomic E-state index is 12.0. The average Bonchev–Trinajstić information content (AvgIpc) is 2.38. The molecule has 0 bridgehead atoms. The van der Waals surface area contributed by atoms with Gasteiger partial charge in [-0.25, -0.2) is 0 Å². The number of nitrogens with zero attached hydrogens (tertiary/aromatic N) is 1. The second-order valence-electron chi connectivity index (χ2n) is 5.21. The molecular weight excluding hydrogens is 246 g/mol. The van der Waals surface area contributed by atoms with Crippen LogP contribution >= 0.6 is 11.6 Å². The molecule has 2 rings (SSSR count). The molecule has 0 aliphatic carbocycles. The zero-order valence-electron chi connectivity index (χ0n) is 10.9. The Kier molecular flexibility index (Phi) is 4.79. The van der Waals surface area contributed by atoms with E-state index in [1.807, 2.05) is 12.1 Å². The van der Waals surface area contributed by atoms with E-state index in [1.54, 1.807) is 12.1 Å². The first kappa shape index (κ1) is 13.6. The molecule has 0 atom stereocenters. The van der Waals surface area contributed by atoms with Crippen molar-refractivity contribution < 1.29 is 4.79 Å². The Bertz CT molecular complexity index is 411. The summed E-state index contributed by atoms with van der Waals surface area (Å²) in [4.78, 5) is 14.4. The highest BCUT2D eigenvalue weighted by molar-refractivity contribution is 6.31. The molecule has 1 aliphatic rings. The summed E-state index contributed by atoms with van der Waals surface area (Å²) in [5.41, 5.74) is 0.730. The minimum atomic E-state index is 0.191. The molecule has 1 saturated heterocycles. The number of hydrogen-bond donors (Lipinski definition) is 0. The van der Waals surface area contributed by atoms with Gasteiger partial charge in [0.15, 0.2) is 5.78 Å². The number of hydrogen-bond acceptors (Lipinski definition) is 2. The lowest BCUT2D eigenvalue weighted by Crippen LogP contribution is -2.34.